The Labute approximate surface area is 127 Å². The number of nitrogens with zero attached hydrogens (tertiary/aromatic N) is 1. The van der Waals surface area contributed by atoms with Gasteiger partial charge in [0, 0.05) is 25.1 Å². The third kappa shape index (κ3) is 3.04. The van der Waals surface area contributed by atoms with Crippen molar-refractivity contribution in [2.45, 2.75) is 6.42 Å². The van der Waals surface area contributed by atoms with Gasteiger partial charge in [0.05, 0.1) is 18.7 Å². The third-order valence-corrected chi connectivity index (χ3v) is 4.18. The van der Waals surface area contributed by atoms with Crippen molar-refractivity contribution in [3.8, 4) is 11.5 Å². The molecule has 0 N–H and O–H groups in total. The molecule has 0 atom stereocenters. The zero-order chi connectivity index (χ0) is 14.7. The van der Waals surface area contributed by atoms with Crippen molar-refractivity contribution in [1.82, 2.24) is 4.90 Å². The van der Waals surface area contributed by atoms with Crippen LogP contribution in [0, 0.1) is 0 Å². The maximum atomic E-state index is 12.0. The molecule has 0 amide bonds. The smallest absolute Gasteiger partial charge is 0.175 e. The Kier molecular flexibility index (Phi) is 4.83. The Hall–Kier alpha value is -1.33. The predicted octanol–water partition coefficient (Wildman–Crippen LogP) is 2.75. The van der Waals surface area contributed by atoms with Gasteiger partial charge < -0.3 is 14.4 Å². The number of piperidine rings is 1. The van der Waals surface area contributed by atoms with Crippen LogP contribution in [0.2, 0.25) is 0 Å². The summed E-state index contributed by atoms with van der Waals surface area (Å²) in [6.45, 7) is 1.50. The maximum Gasteiger partial charge on any atom is 0.175 e. The molecule has 108 valence electrons. The van der Waals surface area contributed by atoms with E-state index >= 15 is 0 Å². The van der Waals surface area contributed by atoms with Crippen LogP contribution in [0.1, 0.15) is 12.0 Å². The molecule has 1 aromatic carbocycles. The standard InChI is InChI=1S/C15H18BrNO3/c1-17-7-6-12(18)11(9-17)8-10-4-5-13(19-2)15(20-3)14(10)16/h4-5,8H,6-7,9H2,1-3H3/b11-8+. The lowest BCUT2D eigenvalue weighted by atomic mass is 10.0. The molecule has 4 nitrogen and oxygen atoms in total. The number of hydrogen-bond acceptors (Lipinski definition) is 4. The van der Waals surface area contributed by atoms with Crippen LogP contribution in [0.25, 0.3) is 6.08 Å². The predicted molar refractivity (Wildman–Crippen MR) is 82.3 cm³/mol. The van der Waals surface area contributed by atoms with E-state index in [4.69, 9.17) is 9.47 Å². The van der Waals surface area contributed by atoms with E-state index in [-0.39, 0.29) is 5.78 Å². The van der Waals surface area contributed by atoms with Crippen molar-refractivity contribution in [1.29, 1.82) is 0 Å². The second-order valence-corrected chi connectivity index (χ2v) is 5.58. The molecular weight excluding hydrogens is 322 g/mol. The van der Waals surface area contributed by atoms with Gasteiger partial charge in [0.1, 0.15) is 0 Å². The summed E-state index contributed by atoms with van der Waals surface area (Å²) in [6.07, 6.45) is 2.50. The molecule has 1 aromatic rings. The lowest BCUT2D eigenvalue weighted by Crippen LogP contribution is -2.32. The minimum atomic E-state index is 0.213. The van der Waals surface area contributed by atoms with Gasteiger partial charge in [-0.3, -0.25) is 4.79 Å². The van der Waals surface area contributed by atoms with Gasteiger partial charge in [-0.1, -0.05) is 0 Å². The number of benzene rings is 1. The molecule has 1 aliphatic heterocycles. The van der Waals surface area contributed by atoms with Gasteiger partial charge in [-0.05, 0) is 46.7 Å². The summed E-state index contributed by atoms with van der Waals surface area (Å²) >= 11 is 3.52. The first kappa shape index (κ1) is 15.1. The number of Topliss-reactive ketones (excluding diaryl/α,β-unsaturated/α-hetero) is 1. The van der Waals surface area contributed by atoms with Crippen LogP contribution in [0.4, 0.5) is 0 Å². The highest BCUT2D eigenvalue weighted by atomic mass is 79.9. The van der Waals surface area contributed by atoms with E-state index in [0.29, 0.717) is 24.5 Å². The molecule has 1 fully saturated rings. The first-order chi connectivity index (χ1) is 9.56. The molecule has 0 saturated carbocycles. The molecule has 1 heterocycles. The van der Waals surface area contributed by atoms with Gasteiger partial charge >= 0.3 is 0 Å². The zero-order valence-corrected chi connectivity index (χ0v) is 13.5. The number of likely N-dealkylation sites (tertiary alicyclic amines) is 1. The van der Waals surface area contributed by atoms with E-state index < -0.39 is 0 Å². The van der Waals surface area contributed by atoms with Crippen LogP contribution < -0.4 is 9.47 Å². The van der Waals surface area contributed by atoms with E-state index in [1.807, 2.05) is 25.3 Å². The van der Waals surface area contributed by atoms with Gasteiger partial charge in [-0.25, -0.2) is 0 Å². The molecule has 0 bridgehead atoms. The number of ketones is 1. The molecule has 0 spiro atoms. The monoisotopic (exact) mass is 339 g/mol. The largest absolute Gasteiger partial charge is 0.493 e. The number of methoxy groups -OCH3 is 2. The molecule has 1 aliphatic rings. The van der Waals surface area contributed by atoms with Crippen molar-refractivity contribution in [2.24, 2.45) is 0 Å². The van der Waals surface area contributed by atoms with E-state index in [1.165, 1.54) is 0 Å². The first-order valence-electron chi connectivity index (χ1n) is 6.39. The fraction of sp³-hybridized carbons (Fsp3) is 0.400. The van der Waals surface area contributed by atoms with E-state index in [9.17, 15) is 4.79 Å². The quantitative estimate of drug-likeness (QED) is 0.794. The minimum Gasteiger partial charge on any atom is -0.493 e. The second-order valence-electron chi connectivity index (χ2n) is 4.78. The van der Waals surface area contributed by atoms with Crippen LogP contribution in [-0.2, 0) is 4.79 Å². The Morgan fingerprint density at radius 3 is 2.70 bits per heavy atom. The highest BCUT2D eigenvalue weighted by Gasteiger charge is 2.19. The molecule has 20 heavy (non-hydrogen) atoms. The molecular formula is C15H18BrNO3. The highest BCUT2D eigenvalue weighted by molar-refractivity contribution is 9.10. The van der Waals surface area contributed by atoms with Crippen molar-refractivity contribution in [2.75, 3.05) is 34.4 Å². The third-order valence-electron chi connectivity index (χ3n) is 3.36. The number of carbonyl (C=O) groups excluding carboxylic acids is 1. The SMILES string of the molecule is COc1ccc(/C=C2\CN(C)CCC2=O)c(Br)c1OC. The van der Waals surface area contributed by atoms with Crippen LogP contribution in [0.15, 0.2) is 22.2 Å². The Bertz CT molecular complexity index is 554. The summed E-state index contributed by atoms with van der Waals surface area (Å²) in [6, 6.07) is 3.76. The molecule has 0 unspecified atom stereocenters. The molecule has 0 aliphatic carbocycles. The lowest BCUT2D eigenvalue weighted by molar-refractivity contribution is -0.117. The fourth-order valence-corrected chi connectivity index (χ4v) is 2.84. The second kappa shape index (κ2) is 6.41. The van der Waals surface area contributed by atoms with Crippen molar-refractivity contribution in [3.63, 3.8) is 0 Å². The summed E-state index contributed by atoms with van der Waals surface area (Å²) in [4.78, 5) is 14.1. The number of ether oxygens (including phenoxy) is 2. The van der Waals surface area contributed by atoms with Gasteiger partial charge in [0.2, 0.25) is 0 Å². The summed E-state index contributed by atoms with van der Waals surface area (Å²) in [7, 11) is 5.21. The van der Waals surface area contributed by atoms with Crippen molar-refractivity contribution >= 4 is 27.8 Å². The average molecular weight is 340 g/mol. The zero-order valence-electron chi connectivity index (χ0n) is 11.9. The van der Waals surface area contributed by atoms with Crippen molar-refractivity contribution < 1.29 is 14.3 Å². The van der Waals surface area contributed by atoms with E-state index in [1.54, 1.807) is 14.2 Å². The molecule has 0 radical (unpaired) electrons. The molecule has 2 rings (SSSR count). The summed E-state index contributed by atoms with van der Waals surface area (Å²) in [5.41, 5.74) is 1.74. The molecule has 5 heteroatoms. The number of hydrogen-bond donors (Lipinski definition) is 0. The number of halogens is 1. The normalized spacial score (nSPS) is 18.4. The van der Waals surface area contributed by atoms with Crippen LogP contribution in [-0.4, -0.2) is 45.0 Å². The van der Waals surface area contributed by atoms with Crippen molar-refractivity contribution in [3.05, 3.63) is 27.7 Å². The van der Waals surface area contributed by atoms with Crippen LogP contribution in [0.3, 0.4) is 0 Å². The van der Waals surface area contributed by atoms with E-state index in [2.05, 4.69) is 20.8 Å². The van der Waals surface area contributed by atoms with E-state index in [0.717, 1.165) is 22.2 Å². The summed E-state index contributed by atoms with van der Waals surface area (Å²) < 4.78 is 11.4. The molecule has 1 saturated heterocycles. The average Bonchev–Trinajstić information content (AvgIpc) is 2.44. The number of carbonyl (C=O) groups is 1. The van der Waals surface area contributed by atoms with Gasteiger partial charge in [0.15, 0.2) is 17.3 Å². The Morgan fingerprint density at radius 2 is 2.05 bits per heavy atom. The van der Waals surface area contributed by atoms with Crippen LogP contribution in [0.5, 0.6) is 11.5 Å². The van der Waals surface area contributed by atoms with Crippen LogP contribution >= 0.6 is 15.9 Å². The Balaban J connectivity index is 2.40. The Morgan fingerprint density at radius 1 is 1.30 bits per heavy atom. The van der Waals surface area contributed by atoms with Gasteiger partial charge in [-0.15, -0.1) is 0 Å². The summed E-state index contributed by atoms with van der Waals surface area (Å²) in [5.74, 6) is 1.51. The van der Waals surface area contributed by atoms with Gasteiger partial charge in [-0.2, -0.15) is 0 Å². The lowest BCUT2D eigenvalue weighted by Gasteiger charge is -2.23. The first-order valence-corrected chi connectivity index (χ1v) is 7.19. The fourth-order valence-electron chi connectivity index (χ4n) is 2.24. The topological polar surface area (TPSA) is 38.8 Å². The molecule has 0 aromatic heterocycles. The number of rotatable bonds is 3. The minimum absolute atomic E-state index is 0.213. The summed E-state index contributed by atoms with van der Waals surface area (Å²) in [5, 5.41) is 0. The highest BCUT2D eigenvalue weighted by Crippen LogP contribution is 2.38. The van der Waals surface area contributed by atoms with Gasteiger partial charge in [0.25, 0.3) is 0 Å². The number of likely N-dealkylation sites (N-methyl/N-ethyl adjacent to an activating group) is 1. The maximum absolute atomic E-state index is 12.0.